The van der Waals surface area contributed by atoms with E-state index < -0.39 is 5.91 Å². The third-order valence-corrected chi connectivity index (χ3v) is 5.63. The topological polar surface area (TPSA) is 110 Å². The van der Waals surface area contributed by atoms with Crippen molar-refractivity contribution in [2.24, 2.45) is 23.7 Å². The zero-order valence-corrected chi connectivity index (χ0v) is 14.2. The lowest BCUT2D eigenvalue weighted by atomic mass is 9.85. The van der Waals surface area contributed by atoms with Gasteiger partial charge in [0.15, 0.2) is 0 Å². The minimum Gasteiger partial charge on any atom is -0.325 e. The van der Waals surface area contributed by atoms with Crippen LogP contribution in [-0.4, -0.2) is 49.4 Å². The van der Waals surface area contributed by atoms with E-state index in [1.807, 2.05) is 12.2 Å². The van der Waals surface area contributed by atoms with Crippen molar-refractivity contribution in [1.82, 2.24) is 25.1 Å². The number of fused-ring (bicyclic) bond motifs is 5. The molecule has 1 aromatic carbocycles. The molecule has 2 bridgehead atoms. The summed E-state index contributed by atoms with van der Waals surface area (Å²) in [6, 6.07) is 6.93. The summed E-state index contributed by atoms with van der Waals surface area (Å²) < 4.78 is 1.49. The molecule has 3 aliphatic rings. The van der Waals surface area contributed by atoms with Gasteiger partial charge in [-0.25, -0.2) is 4.68 Å². The summed E-state index contributed by atoms with van der Waals surface area (Å²) in [7, 11) is 0. The van der Waals surface area contributed by atoms with Crippen molar-refractivity contribution >= 4 is 23.4 Å². The molecule has 1 saturated carbocycles. The van der Waals surface area contributed by atoms with Crippen LogP contribution in [0.25, 0.3) is 5.69 Å². The number of hydrogen-bond acceptors (Lipinski definition) is 6. The molecular weight excluding hydrogens is 348 g/mol. The highest BCUT2D eigenvalue weighted by Crippen LogP contribution is 2.52. The molecule has 9 nitrogen and oxygen atoms in total. The van der Waals surface area contributed by atoms with E-state index in [9.17, 15) is 14.4 Å². The number of amides is 3. The Bertz CT molecular complexity index is 922. The van der Waals surface area contributed by atoms with Gasteiger partial charge in [0.25, 0.3) is 0 Å². The van der Waals surface area contributed by atoms with Crippen molar-refractivity contribution in [2.45, 2.75) is 6.42 Å². The number of carbonyl (C=O) groups is 3. The maximum Gasteiger partial charge on any atom is 0.244 e. The molecular formula is C18H16N6O3. The summed E-state index contributed by atoms with van der Waals surface area (Å²) in [5.74, 6) is -1.11. The van der Waals surface area contributed by atoms with Crippen molar-refractivity contribution in [2.75, 3.05) is 11.9 Å². The molecule has 1 aromatic heterocycles. The number of allylic oxidation sites excluding steroid dienone is 2. The standard InChI is InChI=1S/C18H16N6O3/c25-14(20-12-3-5-13(6-4-12)24-9-19-21-22-24)8-23-17(26)15-10-1-2-11(7-10)16(15)18(23)27/h1-6,9-11,15-16H,7-8H2,(H,20,25)/t10-,11-,15+,16+/m0/s1. The van der Waals surface area contributed by atoms with Crippen molar-refractivity contribution in [3.8, 4) is 5.69 Å². The van der Waals surface area contributed by atoms with Crippen LogP contribution in [0.1, 0.15) is 6.42 Å². The highest BCUT2D eigenvalue weighted by Gasteiger charge is 2.59. The van der Waals surface area contributed by atoms with Gasteiger partial charge in [-0.15, -0.1) is 5.10 Å². The smallest absolute Gasteiger partial charge is 0.244 e. The zero-order chi connectivity index (χ0) is 18.5. The van der Waals surface area contributed by atoms with Gasteiger partial charge in [0.05, 0.1) is 17.5 Å². The SMILES string of the molecule is O=C(CN1C(=O)[C@H]2[C@H](C1=O)[C@H]1C=C[C@H]2C1)Nc1ccc(-n2cnnn2)cc1. The Kier molecular flexibility index (Phi) is 3.43. The van der Waals surface area contributed by atoms with Crippen LogP contribution in [-0.2, 0) is 14.4 Å². The van der Waals surface area contributed by atoms with Gasteiger partial charge in [-0.2, -0.15) is 0 Å². The summed E-state index contributed by atoms with van der Waals surface area (Å²) in [6.07, 6.45) is 6.41. The van der Waals surface area contributed by atoms with Crippen molar-refractivity contribution in [1.29, 1.82) is 0 Å². The molecule has 2 aromatic rings. The number of nitrogens with zero attached hydrogens (tertiary/aromatic N) is 5. The molecule has 1 saturated heterocycles. The van der Waals surface area contributed by atoms with Gasteiger partial charge < -0.3 is 5.32 Å². The van der Waals surface area contributed by atoms with Gasteiger partial charge in [-0.05, 0) is 52.9 Å². The van der Waals surface area contributed by atoms with E-state index in [1.165, 1.54) is 11.0 Å². The number of benzene rings is 1. The Morgan fingerprint density at radius 1 is 1.07 bits per heavy atom. The molecule has 2 fully saturated rings. The van der Waals surface area contributed by atoms with E-state index >= 15 is 0 Å². The lowest BCUT2D eigenvalue weighted by Crippen LogP contribution is -2.39. The van der Waals surface area contributed by atoms with Gasteiger partial charge in [-0.3, -0.25) is 19.3 Å². The van der Waals surface area contributed by atoms with Gasteiger partial charge in [0.1, 0.15) is 12.9 Å². The summed E-state index contributed by atoms with van der Waals surface area (Å²) in [6.45, 7) is -0.251. The second-order valence-corrected chi connectivity index (χ2v) is 7.11. The van der Waals surface area contributed by atoms with E-state index in [-0.39, 0.29) is 42.0 Å². The average Bonchev–Trinajstić information content (AvgIpc) is 3.44. The number of aromatic nitrogens is 4. The first kappa shape index (κ1) is 15.9. The van der Waals surface area contributed by atoms with Crippen LogP contribution in [0.3, 0.4) is 0 Å². The Balaban J connectivity index is 1.25. The third kappa shape index (κ3) is 2.46. The first-order valence-corrected chi connectivity index (χ1v) is 8.78. The lowest BCUT2D eigenvalue weighted by molar-refractivity contribution is -0.143. The molecule has 27 heavy (non-hydrogen) atoms. The number of anilines is 1. The van der Waals surface area contributed by atoms with Gasteiger partial charge in [0, 0.05) is 5.69 Å². The number of nitrogens with one attached hydrogen (secondary N) is 1. The summed E-state index contributed by atoms with van der Waals surface area (Å²) in [5.41, 5.74) is 1.32. The highest BCUT2D eigenvalue weighted by molar-refractivity contribution is 6.09. The lowest BCUT2D eigenvalue weighted by Gasteiger charge is -2.16. The molecule has 3 amide bonds. The Hall–Kier alpha value is -3.36. The highest BCUT2D eigenvalue weighted by atomic mass is 16.2. The second-order valence-electron chi connectivity index (χ2n) is 7.11. The molecule has 4 atom stereocenters. The number of likely N-dealkylation sites (tertiary alicyclic amines) is 1. The number of hydrogen-bond donors (Lipinski definition) is 1. The average molecular weight is 364 g/mol. The molecule has 1 N–H and O–H groups in total. The maximum absolute atomic E-state index is 12.6. The Labute approximate surface area is 154 Å². The van der Waals surface area contributed by atoms with Gasteiger partial charge in [0.2, 0.25) is 17.7 Å². The van der Waals surface area contributed by atoms with E-state index in [2.05, 4.69) is 20.8 Å². The van der Waals surface area contributed by atoms with Crippen LogP contribution in [0.5, 0.6) is 0 Å². The second kappa shape index (κ2) is 5.83. The van der Waals surface area contributed by atoms with Crippen molar-refractivity contribution < 1.29 is 14.4 Å². The largest absolute Gasteiger partial charge is 0.325 e. The number of tetrazole rings is 1. The van der Waals surface area contributed by atoms with E-state index in [0.29, 0.717) is 5.69 Å². The molecule has 0 radical (unpaired) electrons. The van der Waals surface area contributed by atoms with Crippen LogP contribution in [0.15, 0.2) is 42.7 Å². The fraction of sp³-hybridized carbons (Fsp3) is 0.333. The Morgan fingerprint density at radius 2 is 1.74 bits per heavy atom. The monoisotopic (exact) mass is 364 g/mol. The van der Waals surface area contributed by atoms with Gasteiger partial charge >= 0.3 is 0 Å². The Morgan fingerprint density at radius 3 is 2.33 bits per heavy atom. The van der Waals surface area contributed by atoms with E-state index in [0.717, 1.165) is 17.0 Å². The normalized spacial score (nSPS) is 28.1. The molecule has 2 aliphatic carbocycles. The number of imide groups is 1. The predicted octanol–water partition coefficient (Wildman–Crippen LogP) is 0.408. The summed E-state index contributed by atoms with van der Waals surface area (Å²) >= 11 is 0. The minimum atomic E-state index is -0.396. The first-order chi connectivity index (χ1) is 13.1. The number of rotatable bonds is 4. The summed E-state index contributed by atoms with van der Waals surface area (Å²) in [5, 5.41) is 13.7. The van der Waals surface area contributed by atoms with Crippen molar-refractivity contribution in [3.63, 3.8) is 0 Å². The van der Waals surface area contributed by atoms with E-state index in [4.69, 9.17) is 0 Å². The fourth-order valence-electron chi connectivity index (χ4n) is 4.44. The molecule has 136 valence electrons. The molecule has 2 heterocycles. The molecule has 5 rings (SSSR count). The molecule has 1 aliphatic heterocycles. The van der Waals surface area contributed by atoms with Gasteiger partial charge in [-0.1, -0.05) is 12.2 Å². The number of carbonyl (C=O) groups excluding carboxylic acids is 3. The first-order valence-electron chi connectivity index (χ1n) is 8.78. The fourth-order valence-corrected chi connectivity index (χ4v) is 4.44. The van der Waals surface area contributed by atoms with Crippen LogP contribution in [0.2, 0.25) is 0 Å². The third-order valence-electron chi connectivity index (χ3n) is 5.63. The molecule has 0 unspecified atom stereocenters. The molecule has 0 spiro atoms. The minimum absolute atomic E-state index is 0.142. The predicted molar refractivity (Wildman–Crippen MR) is 92.2 cm³/mol. The van der Waals surface area contributed by atoms with Crippen molar-refractivity contribution in [3.05, 3.63) is 42.7 Å². The maximum atomic E-state index is 12.6. The quantitative estimate of drug-likeness (QED) is 0.621. The molecule has 9 heteroatoms. The van der Waals surface area contributed by atoms with Crippen LogP contribution >= 0.6 is 0 Å². The summed E-state index contributed by atoms with van der Waals surface area (Å²) in [4.78, 5) is 38.7. The van der Waals surface area contributed by atoms with Crippen LogP contribution in [0, 0.1) is 23.7 Å². The van der Waals surface area contributed by atoms with Crippen LogP contribution in [0.4, 0.5) is 5.69 Å². The van der Waals surface area contributed by atoms with Crippen LogP contribution < -0.4 is 5.32 Å². The zero-order valence-electron chi connectivity index (χ0n) is 14.2. The van der Waals surface area contributed by atoms with E-state index in [1.54, 1.807) is 24.3 Å².